The predicted octanol–water partition coefficient (Wildman–Crippen LogP) is 2.56. The van der Waals surface area contributed by atoms with Gasteiger partial charge in [0, 0.05) is 13.2 Å². The molecule has 0 radical (unpaired) electrons. The second-order valence-electron chi connectivity index (χ2n) is 4.60. The number of nitrogens with one attached hydrogen (secondary N) is 1. The number of hydrogen-bond acceptors (Lipinski definition) is 3. The molecule has 1 aromatic rings. The van der Waals surface area contributed by atoms with Gasteiger partial charge in [-0.2, -0.15) is 0 Å². The third-order valence-corrected chi connectivity index (χ3v) is 3.40. The van der Waals surface area contributed by atoms with Crippen molar-refractivity contribution >= 4 is 0 Å². The molecule has 18 heavy (non-hydrogen) atoms. The molecule has 0 aliphatic heterocycles. The SMILES string of the molecule is CCC(OC)C(Cc1cc(C)ccc1OC)NC. The Balaban J connectivity index is 2.89. The van der Waals surface area contributed by atoms with Crippen LogP contribution in [0, 0.1) is 6.92 Å². The number of benzene rings is 1. The first-order chi connectivity index (χ1) is 8.65. The summed E-state index contributed by atoms with van der Waals surface area (Å²) >= 11 is 0. The van der Waals surface area contributed by atoms with E-state index in [0.717, 1.165) is 18.6 Å². The molecule has 0 amide bonds. The minimum absolute atomic E-state index is 0.222. The van der Waals surface area contributed by atoms with E-state index < -0.39 is 0 Å². The summed E-state index contributed by atoms with van der Waals surface area (Å²) in [6, 6.07) is 6.59. The summed E-state index contributed by atoms with van der Waals surface area (Å²) in [5.41, 5.74) is 2.48. The smallest absolute Gasteiger partial charge is 0.122 e. The maximum Gasteiger partial charge on any atom is 0.122 e. The molecule has 1 rings (SSSR count). The standard InChI is InChI=1S/C15H25NO2/c1-6-14(17-4)13(16-3)10-12-9-11(2)7-8-15(12)18-5/h7-9,13-14,16H,6,10H2,1-5H3. The fraction of sp³-hybridized carbons (Fsp3) is 0.600. The lowest BCUT2D eigenvalue weighted by Gasteiger charge is -2.25. The molecule has 0 heterocycles. The van der Waals surface area contributed by atoms with E-state index in [0.29, 0.717) is 6.04 Å². The highest BCUT2D eigenvalue weighted by Crippen LogP contribution is 2.22. The van der Waals surface area contributed by atoms with Gasteiger partial charge in [0.15, 0.2) is 0 Å². The van der Waals surface area contributed by atoms with Crippen molar-refractivity contribution in [3.63, 3.8) is 0 Å². The third-order valence-electron chi connectivity index (χ3n) is 3.40. The molecule has 0 aliphatic rings. The summed E-state index contributed by atoms with van der Waals surface area (Å²) in [4.78, 5) is 0. The number of likely N-dealkylation sites (N-methyl/N-ethyl adjacent to an activating group) is 1. The second-order valence-corrected chi connectivity index (χ2v) is 4.60. The Labute approximate surface area is 110 Å². The highest BCUT2D eigenvalue weighted by molar-refractivity contribution is 5.37. The molecular formula is C15H25NO2. The third kappa shape index (κ3) is 3.72. The molecule has 1 N–H and O–H groups in total. The topological polar surface area (TPSA) is 30.5 Å². The molecule has 0 spiro atoms. The van der Waals surface area contributed by atoms with Gasteiger partial charge in [-0.05, 0) is 38.4 Å². The van der Waals surface area contributed by atoms with Gasteiger partial charge in [-0.25, -0.2) is 0 Å². The van der Waals surface area contributed by atoms with Gasteiger partial charge in [0.25, 0.3) is 0 Å². The lowest BCUT2D eigenvalue weighted by Crippen LogP contribution is -2.40. The number of methoxy groups -OCH3 is 2. The average molecular weight is 251 g/mol. The van der Waals surface area contributed by atoms with Crippen molar-refractivity contribution in [2.45, 2.75) is 38.8 Å². The molecule has 0 fully saturated rings. The van der Waals surface area contributed by atoms with E-state index in [1.165, 1.54) is 11.1 Å². The van der Waals surface area contributed by atoms with Crippen molar-refractivity contribution in [2.24, 2.45) is 0 Å². The first-order valence-corrected chi connectivity index (χ1v) is 6.49. The minimum Gasteiger partial charge on any atom is -0.496 e. The van der Waals surface area contributed by atoms with E-state index in [2.05, 4.69) is 31.3 Å². The first kappa shape index (κ1) is 15.0. The van der Waals surface area contributed by atoms with E-state index >= 15 is 0 Å². The molecule has 3 heteroatoms. The van der Waals surface area contributed by atoms with Crippen molar-refractivity contribution in [3.05, 3.63) is 29.3 Å². The van der Waals surface area contributed by atoms with Crippen LogP contribution < -0.4 is 10.1 Å². The minimum atomic E-state index is 0.222. The molecule has 0 saturated heterocycles. The molecule has 2 unspecified atom stereocenters. The number of ether oxygens (including phenoxy) is 2. The fourth-order valence-corrected chi connectivity index (χ4v) is 2.34. The van der Waals surface area contributed by atoms with Crippen molar-refractivity contribution in [2.75, 3.05) is 21.3 Å². The Kier molecular flexibility index (Phi) is 6.16. The summed E-state index contributed by atoms with van der Waals surface area (Å²) in [5.74, 6) is 0.951. The van der Waals surface area contributed by atoms with Gasteiger partial charge in [-0.1, -0.05) is 24.6 Å². The van der Waals surface area contributed by atoms with Crippen molar-refractivity contribution in [3.8, 4) is 5.75 Å². The second kappa shape index (κ2) is 7.39. The van der Waals surface area contributed by atoms with E-state index in [1.807, 2.05) is 13.1 Å². The van der Waals surface area contributed by atoms with Crippen LogP contribution in [0.1, 0.15) is 24.5 Å². The molecule has 0 bridgehead atoms. The van der Waals surface area contributed by atoms with E-state index in [-0.39, 0.29) is 6.10 Å². The average Bonchev–Trinajstić information content (AvgIpc) is 2.39. The molecular weight excluding hydrogens is 226 g/mol. The molecule has 0 saturated carbocycles. The monoisotopic (exact) mass is 251 g/mol. The van der Waals surface area contributed by atoms with Gasteiger partial charge in [0.1, 0.15) is 5.75 Å². The zero-order chi connectivity index (χ0) is 13.5. The number of rotatable bonds is 7. The van der Waals surface area contributed by atoms with E-state index in [9.17, 15) is 0 Å². The van der Waals surface area contributed by atoms with Crippen LogP contribution >= 0.6 is 0 Å². The van der Waals surface area contributed by atoms with Crippen LogP contribution in [-0.2, 0) is 11.2 Å². The quantitative estimate of drug-likeness (QED) is 0.808. The predicted molar refractivity (Wildman–Crippen MR) is 75.4 cm³/mol. The van der Waals surface area contributed by atoms with Crippen LogP contribution in [-0.4, -0.2) is 33.4 Å². The van der Waals surface area contributed by atoms with Gasteiger partial charge in [-0.15, -0.1) is 0 Å². The normalized spacial score (nSPS) is 14.3. The van der Waals surface area contributed by atoms with E-state index in [4.69, 9.17) is 9.47 Å². The highest BCUT2D eigenvalue weighted by Gasteiger charge is 2.19. The lowest BCUT2D eigenvalue weighted by atomic mass is 9.98. The lowest BCUT2D eigenvalue weighted by molar-refractivity contribution is 0.0676. The van der Waals surface area contributed by atoms with Gasteiger partial charge >= 0.3 is 0 Å². The van der Waals surface area contributed by atoms with Gasteiger partial charge in [-0.3, -0.25) is 0 Å². The van der Waals surface area contributed by atoms with Crippen LogP contribution in [0.15, 0.2) is 18.2 Å². The van der Waals surface area contributed by atoms with Gasteiger partial charge in [0.05, 0.1) is 13.2 Å². The Morgan fingerprint density at radius 1 is 1.28 bits per heavy atom. The molecule has 102 valence electrons. The van der Waals surface area contributed by atoms with Crippen LogP contribution in [0.4, 0.5) is 0 Å². The Morgan fingerprint density at radius 3 is 2.50 bits per heavy atom. The van der Waals surface area contributed by atoms with Crippen molar-refractivity contribution in [1.29, 1.82) is 0 Å². The van der Waals surface area contributed by atoms with Crippen LogP contribution in [0.5, 0.6) is 5.75 Å². The molecule has 2 atom stereocenters. The zero-order valence-electron chi connectivity index (χ0n) is 12.1. The van der Waals surface area contributed by atoms with Crippen LogP contribution in [0.3, 0.4) is 0 Å². The Morgan fingerprint density at radius 2 is 2.00 bits per heavy atom. The maximum absolute atomic E-state index is 5.53. The van der Waals surface area contributed by atoms with Crippen LogP contribution in [0.25, 0.3) is 0 Å². The number of aryl methyl sites for hydroxylation is 1. The first-order valence-electron chi connectivity index (χ1n) is 6.49. The Bertz CT molecular complexity index is 362. The largest absolute Gasteiger partial charge is 0.496 e. The summed E-state index contributed by atoms with van der Waals surface area (Å²) in [5, 5.41) is 3.34. The van der Waals surface area contributed by atoms with Crippen molar-refractivity contribution in [1.82, 2.24) is 5.32 Å². The summed E-state index contributed by atoms with van der Waals surface area (Å²) < 4.78 is 10.9. The molecule has 3 nitrogen and oxygen atoms in total. The summed E-state index contributed by atoms with van der Waals surface area (Å²) in [6.07, 6.45) is 2.13. The van der Waals surface area contributed by atoms with Gasteiger partial charge < -0.3 is 14.8 Å². The number of hydrogen-bond donors (Lipinski definition) is 1. The molecule has 0 aliphatic carbocycles. The summed E-state index contributed by atoms with van der Waals surface area (Å²) in [7, 11) is 5.47. The van der Waals surface area contributed by atoms with Gasteiger partial charge in [0.2, 0.25) is 0 Å². The van der Waals surface area contributed by atoms with E-state index in [1.54, 1.807) is 14.2 Å². The maximum atomic E-state index is 5.53. The van der Waals surface area contributed by atoms with Crippen LogP contribution in [0.2, 0.25) is 0 Å². The zero-order valence-corrected chi connectivity index (χ0v) is 12.1. The summed E-state index contributed by atoms with van der Waals surface area (Å²) in [6.45, 7) is 4.25. The fourth-order valence-electron chi connectivity index (χ4n) is 2.34. The molecule has 0 aromatic heterocycles. The Hall–Kier alpha value is -1.06. The molecule has 1 aromatic carbocycles. The highest BCUT2D eigenvalue weighted by atomic mass is 16.5. The van der Waals surface area contributed by atoms with Crippen molar-refractivity contribution < 1.29 is 9.47 Å².